The van der Waals surface area contributed by atoms with Gasteiger partial charge in [0.25, 0.3) is 0 Å². The van der Waals surface area contributed by atoms with E-state index < -0.39 is 18.8 Å². The Kier molecular flexibility index (Phi) is 7.62. The van der Waals surface area contributed by atoms with Crippen molar-refractivity contribution in [2.45, 2.75) is 18.6 Å². The lowest BCUT2D eigenvalue weighted by molar-refractivity contribution is -0.000528. The number of aliphatic hydroxyl groups is 3. The van der Waals surface area contributed by atoms with E-state index >= 15 is 0 Å². The minimum absolute atomic E-state index is 0.00990. The molecule has 0 amide bonds. The first-order chi connectivity index (χ1) is 13.4. The first kappa shape index (κ1) is 21.5. The maximum absolute atomic E-state index is 11.9. The van der Waals surface area contributed by atoms with Crippen molar-refractivity contribution in [1.29, 1.82) is 0 Å². The highest BCUT2D eigenvalue weighted by Gasteiger charge is 2.25. The standard InChI is InChI=1S/C20H24O8/c1-26-17-10-13(3-5-15(17)24)20(25)19(11-22)28-16-6-4-12(9-18(16)27-2)14(23)7-8-21/h3-6,9-10,19-22,24-25H,7-8,11H2,1-2H3. The Morgan fingerprint density at radius 1 is 1.00 bits per heavy atom. The number of aromatic hydroxyl groups is 1. The van der Waals surface area contributed by atoms with Gasteiger partial charge in [0.2, 0.25) is 0 Å². The van der Waals surface area contributed by atoms with Crippen LogP contribution in [0.2, 0.25) is 0 Å². The molecule has 0 heterocycles. The lowest BCUT2D eigenvalue weighted by atomic mass is 10.0. The molecule has 2 rings (SSSR count). The smallest absolute Gasteiger partial charge is 0.165 e. The number of carbonyl (C=O) groups excluding carboxylic acids is 1. The van der Waals surface area contributed by atoms with Crippen molar-refractivity contribution < 1.29 is 39.4 Å². The zero-order valence-corrected chi connectivity index (χ0v) is 15.7. The summed E-state index contributed by atoms with van der Waals surface area (Å²) in [5.74, 6) is 0.328. The summed E-state index contributed by atoms with van der Waals surface area (Å²) in [6.45, 7) is -0.757. The SMILES string of the molecule is COc1cc(C(O)C(CO)Oc2ccc(C(=O)CCO)cc2OC)ccc1O. The van der Waals surface area contributed by atoms with E-state index in [0.717, 1.165) is 0 Å². The normalized spacial score (nSPS) is 12.9. The summed E-state index contributed by atoms with van der Waals surface area (Å²) in [4.78, 5) is 11.9. The molecule has 2 aromatic carbocycles. The number of carbonyl (C=O) groups is 1. The second-order valence-electron chi connectivity index (χ2n) is 5.98. The average molecular weight is 392 g/mol. The predicted molar refractivity (Wildman–Crippen MR) is 100 cm³/mol. The predicted octanol–water partition coefficient (Wildman–Crippen LogP) is 1.45. The zero-order chi connectivity index (χ0) is 20.7. The third-order valence-corrected chi connectivity index (χ3v) is 4.18. The Balaban J connectivity index is 2.25. The molecule has 0 radical (unpaired) electrons. The summed E-state index contributed by atoms with van der Waals surface area (Å²) in [6.07, 6.45) is -2.27. The summed E-state index contributed by atoms with van der Waals surface area (Å²) >= 11 is 0. The summed E-state index contributed by atoms with van der Waals surface area (Å²) < 4.78 is 16.0. The van der Waals surface area contributed by atoms with Gasteiger partial charge in [0.15, 0.2) is 34.9 Å². The molecule has 152 valence electrons. The fraction of sp³-hybridized carbons (Fsp3) is 0.350. The summed E-state index contributed by atoms with van der Waals surface area (Å²) in [5, 5.41) is 38.8. The molecule has 4 N–H and O–H groups in total. The lowest BCUT2D eigenvalue weighted by Gasteiger charge is -2.24. The summed E-state index contributed by atoms with van der Waals surface area (Å²) in [7, 11) is 2.79. The largest absolute Gasteiger partial charge is 0.504 e. The molecule has 28 heavy (non-hydrogen) atoms. The van der Waals surface area contributed by atoms with Crippen molar-refractivity contribution in [2.75, 3.05) is 27.4 Å². The lowest BCUT2D eigenvalue weighted by Crippen LogP contribution is -2.29. The Morgan fingerprint density at radius 3 is 2.32 bits per heavy atom. The third-order valence-electron chi connectivity index (χ3n) is 4.18. The molecule has 2 aromatic rings. The van der Waals surface area contributed by atoms with E-state index in [2.05, 4.69) is 0 Å². The van der Waals surface area contributed by atoms with Gasteiger partial charge in [-0.25, -0.2) is 0 Å². The van der Waals surface area contributed by atoms with Crippen molar-refractivity contribution in [3.8, 4) is 23.0 Å². The van der Waals surface area contributed by atoms with Crippen molar-refractivity contribution in [1.82, 2.24) is 0 Å². The Morgan fingerprint density at radius 2 is 1.71 bits per heavy atom. The number of Topliss-reactive ketones (excluding diaryl/α,β-unsaturated/α-hetero) is 1. The number of ether oxygens (including phenoxy) is 3. The van der Waals surface area contributed by atoms with Gasteiger partial charge in [-0.1, -0.05) is 6.07 Å². The highest BCUT2D eigenvalue weighted by Crippen LogP contribution is 2.34. The van der Waals surface area contributed by atoms with E-state index in [1.807, 2.05) is 0 Å². The fourth-order valence-electron chi connectivity index (χ4n) is 2.64. The van der Waals surface area contributed by atoms with Gasteiger partial charge in [0.1, 0.15) is 6.10 Å². The van der Waals surface area contributed by atoms with Gasteiger partial charge < -0.3 is 34.6 Å². The van der Waals surface area contributed by atoms with E-state index in [0.29, 0.717) is 11.1 Å². The van der Waals surface area contributed by atoms with Crippen LogP contribution in [0.1, 0.15) is 28.4 Å². The van der Waals surface area contributed by atoms with Gasteiger partial charge in [0, 0.05) is 12.0 Å². The third kappa shape index (κ3) is 4.92. The molecule has 0 aliphatic heterocycles. The fourth-order valence-corrected chi connectivity index (χ4v) is 2.64. The first-order valence-corrected chi connectivity index (χ1v) is 8.59. The van der Waals surface area contributed by atoms with Crippen LogP contribution in [0.15, 0.2) is 36.4 Å². The monoisotopic (exact) mass is 392 g/mol. The van der Waals surface area contributed by atoms with E-state index in [1.54, 1.807) is 0 Å². The molecular weight excluding hydrogens is 368 g/mol. The molecule has 0 spiro atoms. The number of hydrogen-bond donors (Lipinski definition) is 4. The first-order valence-electron chi connectivity index (χ1n) is 8.59. The molecule has 0 aliphatic carbocycles. The quantitative estimate of drug-likeness (QED) is 0.448. The molecule has 0 bridgehead atoms. The van der Waals surface area contributed by atoms with Gasteiger partial charge >= 0.3 is 0 Å². The topological polar surface area (TPSA) is 126 Å². The molecule has 2 unspecified atom stereocenters. The van der Waals surface area contributed by atoms with E-state index in [4.69, 9.17) is 19.3 Å². The van der Waals surface area contributed by atoms with Gasteiger partial charge in [-0.15, -0.1) is 0 Å². The van der Waals surface area contributed by atoms with Crippen LogP contribution in [-0.2, 0) is 0 Å². The van der Waals surface area contributed by atoms with Crippen LogP contribution in [0.3, 0.4) is 0 Å². The van der Waals surface area contributed by atoms with E-state index in [-0.39, 0.29) is 41.8 Å². The van der Waals surface area contributed by atoms with E-state index in [9.17, 15) is 20.1 Å². The van der Waals surface area contributed by atoms with Crippen molar-refractivity contribution >= 4 is 5.78 Å². The van der Waals surface area contributed by atoms with Crippen LogP contribution in [0, 0.1) is 0 Å². The average Bonchev–Trinajstić information content (AvgIpc) is 2.72. The van der Waals surface area contributed by atoms with Crippen LogP contribution >= 0.6 is 0 Å². The second-order valence-corrected chi connectivity index (χ2v) is 5.98. The van der Waals surface area contributed by atoms with Gasteiger partial charge in [-0.2, -0.15) is 0 Å². The molecule has 0 saturated heterocycles. The summed E-state index contributed by atoms with van der Waals surface area (Å²) in [6, 6.07) is 8.78. The minimum atomic E-state index is -1.22. The van der Waals surface area contributed by atoms with Gasteiger partial charge in [-0.05, 0) is 35.9 Å². The number of methoxy groups -OCH3 is 2. The van der Waals surface area contributed by atoms with Crippen molar-refractivity contribution in [3.63, 3.8) is 0 Å². The Bertz CT molecular complexity index is 805. The zero-order valence-electron chi connectivity index (χ0n) is 15.7. The number of phenolic OH excluding ortho intramolecular Hbond substituents is 1. The van der Waals surface area contributed by atoms with Crippen LogP contribution < -0.4 is 14.2 Å². The molecule has 2 atom stereocenters. The van der Waals surface area contributed by atoms with Crippen LogP contribution in [0.5, 0.6) is 23.0 Å². The molecule has 0 aliphatic rings. The van der Waals surface area contributed by atoms with Crippen molar-refractivity contribution in [3.05, 3.63) is 47.5 Å². The summed E-state index contributed by atoms with van der Waals surface area (Å²) in [5.41, 5.74) is 0.727. The number of rotatable bonds is 10. The van der Waals surface area contributed by atoms with Crippen molar-refractivity contribution in [2.24, 2.45) is 0 Å². The highest BCUT2D eigenvalue weighted by atomic mass is 16.5. The van der Waals surface area contributed by atoms with Crippen LogP contribution in [-0.4, -0.2) is 59.7 Å². The number of ketones is 1. The Labute approximate surface area is 162 Å². The number of benzene rings is 2. The van der Waals surface area contributed by atoms with Gasteiger partial charge in [0.05, 0.1) is 27.4 Å². The maximum atomic E-state index is 11.9. The number of hydrogen-bond acceptors (Lipinski definition) is 8. The second kappa shape index (κ2) is 9.93. The van der Waals surface area contributed by atoms with Crippen LogP contribution in [0.25, 0.3) is 0 Å². The Hall–Kier alpha value is -2.81. The van der Waals surface area contributed by atoms with Gasteiger partial charge in [-0.3, -0.25) is 4.79 Å². The molecule has 0 aromatic heterocycles. The molecule has 0 saturated carbocycles. The highest BCUT2D eigenvalue weighted by molar-refractivity contribution is 5.96. The number of phenols is 1. The minimum Gasteiger partial charge on any atom is -0.504 e. The van der Waals surface area contributed by atoms with Crippen LogP contribution in [0.4, 0.5) is 0 Å². The number of aliphatic hydroxyl groups excluding tert-OH is 3. The molecule has 8 nitrogen and oxygen atoms in total. The molecule has 0 fully saturated rings. The molecular formula is C20H24O8. The maximum Gasteiger partial charge on any atom is 0.165 e. The van der Waals surface area contributed by atoms with E-state index in [1.165, 1.54) is 50.6 Å². The molecule has 8 heteroatoms.